The van der Waals surface area contributed by atoms with Crippen LogP contribution in [0.4, 0.5) is 0 Å². The molecule has 3 aliphatic rings. The first kappa shape index (κ1) is 11.6. The molecule has 0 amide bonds. The molecule has 2 N–H and O–H groups in total. The number of rotatable bonds is 3. The van der Waals surface area contributed by atoms with Gasteiger partial charge in [0.1, 0.15) is 18.1 Å². The Morgan fingerprint density at radius 3 is 3.00 bits per heavy atom. The van der Waals surface area contributed by atoms with Crippen LogP contribution in [0.2, 0.25) is 0 Å². The van der Waals surface area contributed by atoms with Crippen LogP contribution in [0.25, 0.3) is 0 Å². The van der Waals surface area contributed by atoms with Crippen LogP contribution in [0.1, 0.15) is 30.9 Å². The minimum absolute atomic E-state index is 0.278. The summed E-state index contributed by atoms with van der Waals surface area (Å²) in [6.07, 6.45) is 4.02. The molecular formula is C15H20N2O2. The molecule has 2 heterocycles. The molecule has 19 heavy (non-hydrogen) atoms. The second-order valence-electron chi connectivity index (χ2n) is 5.96. The van der Waals surface area contributed by atoms with Gasteiger partial charge >= 0.3 is 0 Å². The van der Waals surface area contributed by atoms with Gasteiger partial charge in [-0.05, 0) is 31.4 Å². The van der Waals surface area contributed by atoms with Crippen LogP contribution in [0.15, 0.2) is 18.2 Å². The van der Waals surface area contributed by atoms with Crippen molar-refractivity contribution in [3.8, 4) is 11.5 Å². The minimum Gasteiger partial charge on any atom is -0.508 e. The van der Waals surface area contributed by atoms with Crippen LogP contribution in [-0.4, -0.2) is 41.8 Å². The third-order valence-electron chi connectivity index (χ3n) is 4.50. The summed E-state index contributed by atoms with van der Waals surface area (Å²) < 4.78 is 5.65. The smallest absolute Gasteiger partial charge is 0.127 e. The average Bonchev–Trinajstić information content (AvgIpc) is 3.03. The summed E-state index contributed by atoms with van der Waals surface area (Å²) in [5.74, 6) is 1.11. The first-order chi connectivity index (χ1) is 9.29. The van der Waals surface area contributed by atoms with Crippen molar-refractivity contribution in [2.45, 2.75) is 37.4 Å². The first-order valence-corrected chi connectivity index (χ1v) is 7.25. The lowest BCUT2D eigenvalue weighted by Gasteiger charge is -2.19. The Hall–Kier alpha value is -1.26. The monoisotopic (exact) mass is 260 g/mol. The molecule has 1 aliphatic carbocycles. The van der Waals surface area contributed by atoms with E-state index in [0.717, 1.165) is 11.8 Å². The van der Waals surface area contributed by atoms with E-state index >= 15 is 0 Å². The lowest BCUT2D eigenvalue weighted by Crippen LogP contribution is -2.36. The standard InChI is InChI=1S/C15H20N2O2/c18-12-3-4-13-14(9-19-15(13)7-12)16-10-5-6-17(8-10)11-1-2-11/h3-4,7,10-11,14,16,18H,1-2,5-6,8-9H2. The highest BCUT2D eigenvalue weighted by Crippen LogP contribution is 2.36. The van der Waals surface area contributed by atoms with E-state index in [9.17, 15) is 5.11 Å². The molecule has 1 saturated carbocycles. The maximum atomic E-state index is 9.46. The van der Waals surface area contributed by atoms with Gasteiger partial charge in [-0.25, -0.2) is 0 Å². The number of phenolic OH excluding ortho intramolecular Hbond substituents is 1. The minimum atomic E-state index is 0.278. The Morgan fingerprint density at radius 2 is 2.16 bits per heavy atom. The van der Waals surface area contributed by atoms with Crippen LogP contribution in [0.3, 0.4) is 0 Å². The number of hydrogen-bond donors (Lipinski definition) is 2. The van der Waals surface area contributed by atoms with Crippen molar-refractivity contribution >= 4 is 0 Å². The van der Waals surface area contributed by atoms with Gasteiger partial charge in [-0.3, -0.25) is 4.90 Å². The molecule has 0 radical (unpaired) electrons. The van der Waals surface area contributed by atoms with Crippen molar-refractivity contribution in [2.24, 2.45) is 0 Å². The van der Waals surface area contributed by atoms with Crippen LogP contribution in [0.5, 0.6) is 11.5 Å². The van der Waals surface area contributed by atoms with E-state index in [4.69, 9.17) is 4.74 Å². The van der Waals surface area contributed by atoms with E-state index in [0.29, 0.717) is 12.6 Å². The van der Waals surface area contributed by atoms with Gasteiger partial charge in [0.15, 0.2) is 0 Å². The van der Waals surface area contributed by atoms with E-state index < -0.39 is 0 Å². The molecule has 2 aliphatic heterocycles. The maximum Gasteiger partial charge on any atom is 0.127 e. The van der Waals surface area contributed by atoms with E-state index in [1.54, 1.807) is 12.1 Å². The molecular weight excluding hydrogens is 240 g/mol. The molecule has 2 fully saturated rings. The molecule has 0 spiro atoms. The summed E-state index contributed by atoms with van der Waals surface area (Å²) in [7, 11) is 0. The van der Waals surface area contributed by atoms with Crippen molar-refractivity contribution < 1.29 is 9.84 Å². The number of nitrogens with one attached hydrogen (secondary N) is 1. The predicted molar refractivity (Wildman–Crippen MR) is 72.5 cm³/mol. The van der Waals surface area contributed by atoms with Gasteiger partial charge in [0.25, 0.3) is 0 Å². The number of nitrogens with zero attached hydrogens (tertiary/aromatic N) is 1. The van der Waals surface area contributed by atoms with Crippen LogP contribution in [-0.2, 0) is 0 Å². The molecule has 0 bridgehead atoms. The Bertz CT molecular complexity index is 487. The summed E-state index contributed by atoms with van der Waals surface area (Å²) in [4.78, 5) is 2.62. The Balaban J connectivity index is 1.42. The third-order valence-corrected chi connectivity index (χ3v) is 4.50. The molecule has 2 atom stereocenters. The Kier molecular flexibility index (Phi) is 2.67. The number of likely N-dealkylation sites (tertiary alicyclic amines) is 1. The molecule has 0 aromatic heterocycles. The highest BCUT2D eigenvalue weighted by molar-refractivity contribution is 5.44. The van der Waals surface area contributed by atoms with Gasteiger partial charge in [-0.1, -0.05) is 0 Å². The van der Waals surface area contributed by atoms with Gasteiger partial charge in [0.05, 0.1) is 6.04 Å². The molecule has 1 saturated heterocycles. The van der Waals surface area contributed by atoms with Gasteiger partial charge in [0.2, 0.25) is 0 Å². The first-order valence-electron chi connectivity index (χ1n) is 7.25. The summed E-state index contributed by atoms with van der Waals surface area (Å²) >= 11 is 0. The molecule has 102 valence electrons. The molecule has 4 rings (SSSR count). The van der Waals surface area contributed by atoms with Crippen LogP contribution >= 0.6 is 0 Å². The number of ether oxygens (including phenoxy) is 1. The van der Waals surface area contributed by atoms with E-state index in [1.165, 1.54) is 37.9 Å². The van der Waals surface area contributed by atoms with Crippen LogP contribution in [0, 0.1) is 0 Å². The third kappa shape index (κ3) is 2.19. The Labute approximate surface area is 113 Å². The topological polar surface area (TPSA) is 44.7 Å². The zero-order valence-corrected chi connectivity index (χ0v) is 11.0. The predicted octanol–water partition coefficient (Wildman–Crippen LogP) is 1.65. The second kappa shape index (κ2) is 4.39. The largest absolute Gasteiger partial charge is 0.508 e. The lowest BCUT2D eigenvalue weighted by atomic mass is 10.1. The normalized spacial score (nSPS) is 30.3. The SMILES string of the molecule is Oc1ccc2c(c1)OCC2NC1CCN(C2CC2)C1. The van der Waals surface area contributed by atoms with Crippen LogP contribution < -0.4 is 10.1 Å². The number of fused-ring (bicyclic) bond motifs is 1. The van der Waals surface area contributed by atoms with Gasteiger partial charge in [-0.2, -0.15) is 0 Å². The summed E-state index contributed by atoms with van der Waals surface area (Å²) in [5.41, 5.74) is 1.18. The lowest BCUT2D eigenvalue weighted by molar-refractivity contribution is 0.284. The van der Waals surface area contributed by atoms with Crippen molar-refractivity contribution in [2.75, 3.05) is 19.7 Å². The highest BCUT2D eigenvalue weighted by Gasteiger charge is 2.36. The molecule has 1 aromatic rings. The van der Waals surface area contributed by atoms with E-state index in [1.807, 2.05) is 6.07 Å². The maximum absolute atomic E-state index is 9.46. The highest BCUT2D eigenvalue weighted by atomic mass is 16.5. The summed E-state index contributed by atoms with van der Waals surface area (Å²) in [6.45, 7) is 3.09. The zero-order valence-electron chi connectivity index (χ0n) is 11.0. The van der Waals surface area contributed by atoms with Crippen molar-refractivity contribution in [1.29, 1.82) is 0 Å². The molecule has 4 heteroatoms. The van der Waals surface area contributed by atoms with Gasteiger partial charge in [-0.15, -0.1) is 0 Å². The number of hydrogen-bond acceptors (Lipinski definition) is 4. The van der Waals surface area contributed by atoms with Crippen molar-refractivity contribution in [1.82, 2.24) is 10.2 Å². The van der Waals surface area contributed by atoms with Gasteiger partial charge < -0.3 is 15.2 Å². The fourth-order valence-corrected chi connectivity index (χ4v) is 3.32. The quantitative estimate of drug-likeness (QED) is 0.867. The fourth-order valence-electron chi connectivity index (χ4n) is 3.32. The fraction of sp³-hybridized carbons (Fsp3) is 0.600. The molecule has 4 nitrogen and oxygen atoms in total. The summed E-state index contributed by atoms with van der Waals surface area (Å²) in [6, 6.07) is 7.16. The average molecular weight is 260 g/mol. The molecule has 2 unspecified atom stereocenters. The number of aromatic hydroxyl groups is 1. The number of phenols is 1. The van der Waals surface area contributed by atoms with E-state index in [2.05, 4.69) is 10.2 Å². The number of benzene rings is 1. The van der Waals surface area contributed by atoms with Gasteiger partial charge in [0, 0.05) is 36.8 Å². The summed E-state index contributed by atoms with van der Waals surface area (Å²) in [5, 5.41) is 13.2. The van der Waals surface area contributed by atoms with Crippen molar-refractivity contribution in [3.63, 3.8) is 0 Å². The Morgan fingerprint density at radius 1 is 1.26 bits per heavy atom. The van der Waals surface area contributed by atoms with E-state index in [-0.39, 0.29) is 11.8 Å². The van der Waals surface area contributed by atoms with Crippen molar-refractivity contribution in [3.05, 3.63) is 23.8 Å². The molecule has 1 aromatic carbocycles. The zero-order chi connectivity index (χ0) is 12.8. The second-order valence-corrected chi connectivity index (χ2v) is 5.96.